The first-order valence-electron chi connectivity index (χ1n) is 5.03. The maximum absolute atomic E-state index is 5.61. The molecule has 1 aromatic rings. The van der Waals surface area contributed by atoms with E-state index in [0.29, 0.717) is 11.1 Å². The van der Waals surface area contributed by atoms with Gasteiger partial charge in [-0.15, -0.1) is 0 Å². The van der Waals surface area contributed by atoms with Crippen LogP contribution >= 0.6 is 15.9 Å². The molecule has 0 bridgehead atoms. The molecular formula is C11H18BrN3. The minimum absolute atomic E-state index is 0.341. The van der Waals surface area contributed by atoms with Gasteiger partial charge in [-0.3, -0.25) is 0 Å². The quantitative estimate of drug-likeness (QED) is 0.887. The molecule has 0 unspecified atom stereocenters. The van der Waals surface area contributed by atoms with Gasteiger partial charge >= 0.3 is 0 Å². The molecule has 84 valence electrons. The Morgan fingerprint density at radius 1 is 1.47 bits per heavy atom. The Hall–Kier alpha value is -0.770. The van der Waals surface area contributed by atoms with Gasteiger partial charge < -0.3 is 11.1 Å². The molecule has 15 heavy (non-hydrogen) atoms. The summed E-state index contributed by atoms with van der Waals surface area (Å²) in [5.41, 5.74) is 6.62. The van der Waals surface area contributed by atoms with Crippen LogP contribution in [0.3, 0.4) is 0 Å². The third kappa shape index (κ3) is 4.51. The summed E-state index contributed by atoms with van der Waals surface area (Å²) < 4.78 is 0.913. The van der Waals surface area contributed by atoms with Crippen molar-refractivity contribution in [3.05, 3.63) is 16.7 Å². The van der Waals surface area contributed by atoms with Gasteiger partial charge in [0, 0.05) is 6.54 Å². The minimum atomic E-state index is 0.341. The number of anilines is 2. The summed E-state index contributed by atoms with van der Waals surface area (Å²) in [5, 5.41) is 3.28. The van der Waals surface area contributed by atoms with Crippen LogP contribution < -0.4 is 11.1 Å². The summed E-state index contributed by atoms with van der Waals surface area (Å²) in [6.45, 7) is 7.58. The van der Waals surface area contributed by atoms with Gasteiger partial charge in [0.1, 0.15) is 5.82 Å². The standard InChI is InChI=1S/C11H18BrN3/c1-11(2,3)4-5-14-10-9(12)6-8(13)7-15-10/h6-7H,4-5,13H2,1-3H3,(H,14,15). The normalized spacial score (nSPS) is 11.5. The first-order valence-corrected chi connectivity index (χ1v) is 5.83. The molecule has 1 heterocycles. The van der Waals surface area contributed by atoms with Crippen molar-refractivity contribution in [1.82, 2.24) is 4.98 Å². The van der Waals surface area contributed by atoms with Gasteiger partial charge in [-0.1, -0.05) is 20.8 Å². The van der Waals surface area contributed by atoms with E-state index in [1.165, 1.54) is 0 Å². The van der Waals surface area contributed by atoms with Crippen molar-refractivity contribution in [2.45, 2.75) is 27.2 Å². The Bertz CT molecular complexity index is 331. The number of pyridine rings is 1. The first kappa shape index (κ1) is 12.3. The summed E-state index contributed by atoms with van der Waals surface area (Å²) in [6, 6.07) is 1.85. The Morgan fingerprint density at radius 3 is 2.67 bits per heavy atom. The fourth-order valence-corrected chi connectivity index (χ4v) is 1.65. The molecule has 0 saturated carbocycles. The average molecular weight is 272 g/mol. The zero-order valence-corrected chi connectivity index (χ0v) is 11.1. The molecule has 0 aliphatic heterocycles. The Balaban J connectivity index is 2.51. The number of nitrogens with two attached hydrogens (primary N) is 1. The number of nitrogen functional groups attached to an aromatic ring is 1. The van der Waals surface area contributed by atoms with Crippen LogP contribution in [0, 0.1) is 5.41 Å². The van der Waals surface area contributed by atoms with Gasteiger partial charge in [-0.25, -0.2) is 4.98 Å². The zero-order chi connectivity index (χ0) is 11.5. The molecule has 1 rings (SSSR count). The number of halogens is 1. The molecule has 3 nitrogen and oxygen atoms in total. The first-order chi connectivity index (χ1) is 6.88. The predicted molar refractivity (Wildman–Crippen MR) is 68.9 cm³/mol. The molecule has 0 aliphatic rings. The lowest BCUT2D eigenvalue weighted by molar-refractivity contribution is 0.389. The van der Waals surface area contributed by atoms with E-state index in [0.717, 1.165) is 23.3 Å². The lowest BCUT2D eigenvalue weighted by Crippen LogP contribution is -2.13. The number of nitrogens with one attached hydrogen (secondary N) is 1. The summed E-state index contributed by atoms with van der Waals surface area (Å²) in [5.74, 6) is 0.855. The predicted octanol–water partition coefficient (Wildman–Crippen LogP) is 3.27. The van der Waals surface area contributed by atoms with Crippen LogP contribution in [0.4, 0.5) is 11.5 Å². The van der Waals surface area contributed by atoms with Crippen molar-refractivity contribution in [2.24, 2.45) is 5.41 Å². The van der Waals surface area contributed by atoms with E-state index in [1.807, 2.05) is 6.07 Å². The van der Waals surface area contributed by atoms with E-state index in [9.17, 15) is 0 Å². The SMILES string of the molecule is CC(C)(C)CCNc1ncc(N)cc1Br. The Morgan fingerprint density at radius 2 is 2.13 bits per heavy atom. The van der Waals surface area contributed by atoms with Gasteiger partial charge in [0.15, 0.2) is 0 Å². The third-order valence-electron chi connectivity index (χ3n) is 2.03. The highest BCUT2D eigenvalue weighted by atomic mass is 79.9. The Labute approximate surface area is 99.6 Å². The maximum atomic E-state index is 5.61. The van der Waals surface area contributed by atoms with Gasteiger partial charge in [0.05, 0.1) is 16.4 Å². The smallest absolute Gasteiger partial charge is 0.140 e. The third-order valence-corrected chi connectivity index (χ3v) is 2.63. The molecule has 0 aliphatic carbocycles. The molecule has 0 radical (unpaired) electrons. The summed E-state index contributed by atoms with van der Waals surface area (Å²) in [4.78, 5) is 4.21. The molecule has 0 fully saturated rings. The Kier molecular flexibility index (Phi) is 3.97. The second kappa shape index (κ2) is 4.84. The molecule has 1 aromatic heterocycles. The van der Waals surface area contributed by atoms with E-state index >= 15 is 0 Å². The van der Waals surface area contributed by atoms with Crippen molar-refractivity contribution < 1.29 is 0 Å². The van der Waals surface area contributed by atoms with Crippen molar-refractivity contribution in [1.29, 1.82) is 0 Å². The molecule has 0 spiro atoms. The highest BCUT2D eigenvalue weighted by Crippen LogP contribution is 2.23. The number of aromatic nitrogens is 1. The van der Waals surface area contributed by atoms with Crippen molar-refractivity contribution in [3.8, 4) is 0 Å². The second-order valence-electron chi connectivity index (χ2n) is 4.84. The largest absolute Gasteiger partial charge is 0.397 e. The summed E-state index contributed by atoms with van der Waals surface area (Å²) in [7, 11) is 0. The lowest BCUT2D eigenvalue weighted by atomic mass is 9.92. The van der Waals surface area contributed by atoms with Gasteiger partial charge in [0.2, 0.25) is 0 Å². The van der Waals surface area contributed by atoms with Gasteiger partial charge in [-0.2, -0.15) is 0 Å². The van der Waals surface area contributed by atoms with Crippen LogP contribution in [0.5, 0.6) is 0 Å². The highest BCUT2D eigenvalue weighted by molar-refractivity contribution is 9.10. The number of nitrogens with zero attached hydrogens (tertiary/aromatic N) is 1. The van der Waals surface area contributed by atoms with Gasteiger partial charge in [-0.05, 0) is 33.8 Å². The fourth-order valence-electron chi connectivity index (χ4n) is 1.14. The van der Waals surface area contributed by atoms with Crippen LogP contribution in [0.2, 0.25) is 0 Å². The summed E-state index contributed by atoms with van der Waals surface area (Å²) in [6.07, 6.45) is 2.76. The van der Waals surface area contributed by atoms with Crippen LogP contribution in [0.25, 0.3) is 0 Å². The van der Waals surface area contributed by atoms with Crippen molar-refractivity contribution in [2.75, 3.05) is 17.6 Å². The molecule has 0 atom stereocenters. The van der Waals surface area contributed by atoms with Crippen LogP contribution in [-0.2, 0) is 0 Å². The van der Waals surface area contributed by atoms with Crippen LogP contribution in [0.15, 0.2) is 16.7 Å². The molecule has 0 amide bonds. The van der Waals surface area contributed by atoms with E-state index < -0.39 is 0 Å². The highest BCUT2D eigenvalue weighted by Gasteiger charge is 2.09. The number of hydrogen-bond donors (Lipinski definition) is 2. The van der Waals surface area contributed by atoms with Gasteiger partial charge in [0.25, 0.3) is 0 Å². The monoisotopic (exact) mass is 271 g/mol. The van der Waals surface area contributed by atoms with Crippen LogP contribution in [0.1, 0.15) is 27.2 Å². The molecule has 4 heteroatoms. The molecule has 0 aromatic carbocycles. The van der Waals surface area contributed by atoms with Crippen molar-refractivity contribution >= 4 is 27.4 Å². The maximum Gasteiger partial charge on any atom is 0.140 e. The van der Waals surface area contributed by atoms with E-state index in [-0.39, 0.29) is 0 Å². The van der Waals surface area contributed by atoms with Crippen LogP contribution in [-0.4, -0.2) is 11.5 Å². The average Bonchev–Trinajstić information content (AvgIpc) is 2.07. The summed E-state index contributed by atoms with van der Waals surface area (Å²) >= 11 is 3.42. The second-order valence-corrected chi connectivity index (χ2v) is 5.69. The van der Waals surface area contributed by atoms with E-state index in [2.05, 4.69) is 47.0 Å². The molecular weight excluding hydrogens is 254 g/mol. The molecule has 0 saturated heterocycles. The van der Waals surface area contributed by atoms with E-state index in [1.54, 1.807) is 6.20 Å². The lowest BCUT2D eigenvalue weighted by Gasteiger charge is -2.18. The minimum Gasteiger partial charge on any atom is -0.397 e. The van der Waals surface area contributed by atoms with E-state index in [4.69, 9.17) is 5.73 Å². The fraction of sp³-hybridized carbons (Fsp3) is 0.545. The number of rotatable bonds is 3. The van der Waals surface area contributed by atoms with Crippen molar-refractivity contribution in [3.63, 3.8) is 0 Å². The zero-order valence-electron chi connectivity index (χ0n) is 9.47. The number of hydrogen-bond acceptors (Lipinski definition) is 3. The topological polar surface area (TPSA) is 50.9 Å². The molecule has 3 N–H and O–H groups in total.